The Morgan fingerprint density at radius 3 is 1.29 bits per heavy atom. The highest BCUT2D eigenvalue weighted by atomic mass is 16.2. The second-order valence-electron chi connectivity index (χ2n) is 20.9. The summed E-state index contributed by atoms with van der Waals surface area (Å²) in [6.45, 7) is 4.33. The van der Waals surface area contributed by atoms with Gasteiger partial charge in [-0.3, -0.25) is 28.8 Å². The molecule has 402 valence electrons. The molecule has 10 atom stereocenters. The number of carbonyl (C=O) groups is 6. The summed E-state index contributed by atoms with van der Waals surface area (Å²) in [4.78, 5) is 86.2. The number of nitrogens with zero attached hydrogens (tertiary/aromatic N) is 8. The Morgan fingerprint density at radius 1 is 0.526 bits per heavy atom. The van der Waals surface area contributed by atoms with Crippen molar-refractivity contribution >= 4 is 35.4 Å². The first-order valence-electron chi connectivity index (χ1n) is 27.1. The number of rotatable bonds is 18. The van der Waals surface area contributed by atoms with E-state index in [0.717, 1.165) is 60.8 Å². The molecular weight excluding hydrogens is 965 g/mol. The summed E-state index contributed by atoms with van der Waals surface area (Å²) in [6, 6.07) is 22.1. The molecule has 3 aromatic carbocycles. The highest BCUT2D eigenvalue weighted by Crippen LogP contribution is 2.34. The SMILES string of the molecule is CN[C@@H](C)C(=O)N[C@H]1CCCC[C@H]2CC[C@@H](C(=O)N[C@H](c3ccccc3)c3cn(Cc4ccc(Cn5cc([C@@H](NC(=O)[C@@H]6CC[C@@H]7CCCC[C@H](NC(=O)[C@H](C)NC)C(=O)N76)c6ccccc6)nn5)cc4)nn3)N2C1=O. The molecular formula is C56H72N14O6. The van der Waals surface area contributed by atoms with E-state index < -0.39 is 48.3 Å². The van der Waals surface area contributed by atoms with Crippen molar-refractivity contribution in [2.75, 3.05) is 14.1 Å². The minimum absolute atomic E-state index is 0.0764. The van der Waals surface area contributed by atoms with E-state index >= 15 is 0 Å². The Morgan fingerprint density at radius 2 is 0.908 bits per heavy atom. The number of amides is 6. The van der Waals surface area contributed by atoms with Crippen molar-refractivity contribution in [2.45, 2.75) is 164 Å². The number of fused-ring (bicyclic) bond motifs is 2. The molecule has 9 rings (SSSR count). The van der Waals surface area contributed by atoms with Gasteiger partial charge in [-0.25, -0.2) is 9.36 Å². The molecule has 0 radical (unpaired) electrons. The predicted molar refractivity (Wildman–Crippen MR) is 283 cm³/mol. The maximum Gasteiger partial charge on any atom is 0.246 e. The predicted octanol–water partition coefficient (Wildman–Crippen LogP) is 3.43. The fourth-order valence-corrected chi connectivity index (χ4v) is 11.3. The van der Waals surface area contributed by atoms with Crippen LogP contribution >= 0.6 is 0 Å². The maximum atomic E-state index is 14.4. The quantitative estimate of drug-likeness (QED) is 0.0740. The molecule has 76 heavy (non-hydrogen) atoms. The van der Waals surface area contributed by atoms with Crippen molar-refractivity contribution in [1.29, 1.82) is 0 Å². The van der Waals surface area contributed by atoms with Gasteiger partial charge >= 0.3 is 0 Å². The third-order valence-corrected chi connectivity index (χ3v) is 15.8. The fraction of sp³-hybridized carbons (Fsp3) is 0.500. The summed E-state index contributed by atoms with van der Waals surface area (Å²) in [5, 5.41) is 36.3. The van der Waals surface area contributed by atoms with Crippen LogP contribution in [0.15, 0.2) is 97.3 Å². The highest BCUT2D eigenvalue weighted by Gasteiger charge is 2.46. The largest absolute Gasteiger partial charge is 0.343 e. The Kier molecular flexibility index (Phi) is 17.3. The summed E-state index contributed by atoms with van der Waals surface area (Å²) in [5.74, 6) is -1.47. The van der Waals surface area contributed by atoms with Crippen LogP contribution in [0.5, 0.6) is 0 Å². The lowest BCUT2D eigenvalue weighted by Crippen LogP contribution is -2.58. The van der Waals surface area contributed by atoms with Crippen molar-refractivity contribution in [2.24, 2.45) is 0 Å². The third-order valence-electron chi connectivity index (χ3n) is 15.8. The second kappa shape index (κ2) is 24.6. The Balaban J connectivity index is 0.850. The van der Waals surface area contributed by atoms with Gasteiger partial charge in [0.15, 0.2) is 0 Å². The van der Waals surface area contributed by atoms with Crippen molar-refractivity contribution in [3.8, 4) is 0 Å². The van der Waals surface area contributed by atoms with E-state index in [4.69, 9.17) is 0 Å². The van der Waals surface area contributed by atoms with Gasteiger partial charge in [0.2, 0.25) is 35.4 Å². The molecule has 6 N–H and O–H groups in total. The van der Waals surface area contributed by atoms with Gasteiger partial charge in [-0.15, -0.1) is 10.2 Å². The normalized spacial score (nSPS) is 23.4. The lowest BCUT2D eigenvalue weighted by atomic mass is 9.98. The number of nitrogens with one attached hydrogen (secondary N) is 6. The molecule has 5 aromatic rings. The van der Waals surface area contributed by atoms with Crippen LogP contribution in [0.2, 0.25) is 0 Å². The Labute approximate surface area is 443 Å². The van der Waals surface area contributed by atoms with Crippen LogP contribution < -0.4 is 31.9 Å². The van der Waals surface area contributed by atoms with Gasteiger partial charge in [-0.1, -0.05) is 121 Å². The number of hydrogen-bond acceptors (Lipinski definition) is 12. The molecule has 4 aliphatic rings. The zero-order valence-electron chi connectivity index (χ0n) is 43.9. The number of aromatic nitrogens is 6. The molecule has 4 fully saturated rings. The van der Waals surface area contributed by atoms with Gasteiger partial charge in [-0.05, 0) is 102 Å². The van der Waals surface area contributed by atoms with Crippen LogP contribution in [0.3, 0.4) is 0 Å². The zero-order chi connectivity index (χ0) is 53.3. The standard InChI is InChI=1S/C56H72N14O6/c1-35(57-3)51(71)59-43-21-13-11-19-41-27-29-47(69(41)55(43)75)53(73)61-49(39-15-7-5-8-16-39)45-33-67(65-63-45)31-37-23-25-38(26-24-37)32-68-34-46(64-66-68)50(40-17-9-6-10-18-40)62-54(74)48-30-28-42-20-12-14-22-44(56(76)70(42)48)60-52(72)36(2)58-4/h5-10,15-18,23-26,33-36,41-44,47-50,57-58H,11-14,19-22,27-32H2,1-4H3,(H,59,71)(H,60,72)(H,61,73)(H,62,74)/t35-,36-,41-,42-,43-,44-,47-,48-,49-,50+/m0/s1. The van der Waals surface area contributed by atoms with E-state index in [0.29, 0.717) is 63.0 Å². The molecule has 0 unspecified atom stereocenters. The van der Waals surface area contributed by atoms with Crippen LogP contribution in [0.4, 0.5) is 0 Å². The molecule has 0 aliphatic carbocycles. The van der Waals surface area contributed by atoms with Gasteiger partial charge in [0.05, 0.1) is 49.7 Å². The van der Waals surface area contributed by atoms with Gasteiger partial charge in [0, 0.05) is 12.1 Å². The van der Waals surface area contributed by atoms with Gasteiger partial charge in [0.1, 0.15) is 35.6 Å². The van der Waals surface area contributed by atoms with Crippen molar-refractivity contribution in [3.63, 3.8) is 0 Å². The molecule has 0 spiro atoms. The number of benzene rings is 3. The van der Waals surface area contributed by atoms with Crippen molar-refractivity contribution < 1.29 is 28.8 Å². The average molecular weight is 1040 g/mol. The minimum atomic E-state index is -0.700. The first-order chi connectivity index (χ1) is 36.9. The molecule has 6 amide bonds. The maximum absolute atomic E-state index is 14.4. The van der Waals surface area contributed by atoms with Crippen LogP contribution in [-0.4, -0.2) is 138 Å². The minimum Gasteiger partial charge on any atom is -0.343 e. The Hall–Kier alpha value is -7.32. The molecule has 4 aliphatic heterocycles. The summed E-state index contributed by atoms with van der Waals surface area (Å²) in [7, 11) is 3.41. The molecule has 2 aromatic heterocycles. The van der Waals surface area contributed by atoms with Crippen LogP contribution in [0.25, 0.3) is 0 Å². The topological polar surface area (TPSA) is 242 Å². The van der Waals surface area contributed by atoms with Crippen molar-refractivity contribution in [1.82, 2.24) is 71.7 Å². The molecule has 0 bridgehead atoms. The summed E-state index contributed by atoms with van der Waals surface area (Å²) in [6.07, 6.45) is 12.3. The van der Waals surface area contributed by atoms with E-state index in [2.05, 4.69) is 52.5 Å². The van der Waals surface area contributed by atoms with E-state index in [1.165, 1.54) is 0 Å². The number of likely N-dealkylation sites (N-methyl/N-ethyl adjacent to an activating group) is 2. The van der Waals surface area contributed by atoms with Crippen LogP contribution in [-0.2, 0) is 41.9 Å². The second-order valence-corrected chi connectivity index (χ2v) is 20.9. The lowest BCUT2D eigenvalue weighted by Gasteiger charge is -2.36. The van der Waals surface area contributed by atoms with E-state index in [-0.39, 0.29) is 47.5 Å². The molecule has 0 saturated carbocycles. The van der Waals surface area contributed by atoms with Gasteiger partial charge in [0.25, 0.3) is 0 Å². The number of carbonyl (C=O) groups excluding carboxylic acids is 6. The van der Waals surface area contributed by atoms with Crippen LogP contribution in [0.1, 0.15) is 137 Å². The average Bonchev–Trinajstić information content (AvgIpc) is 4.28. The third kappa shape index (κ3) is 12.3. The van der Waals surface area contributed by atoms with Gasteiger partial charge in [-0.2, -0.15) is 0 Å². The first kappa shape index (κ1) is 53.5. The summed E-state index contributed by atoms with van der Waals surface area (Å²) in [5.41, 5.74) is 4.69. The summed E-state index contributed by atoms with van der Waals surface area (Å²) >= 11 is 0. The van der Waals surface area contributed by atoms with Crippen LogP contribution in [0, 0.1) is 0 Å². The number of hydrogen-bond donors (Lipinski definition) is 6. The molecule has 20 nitrogen and oxygen atoms in total. The highest BCUT2D eigenvalue weighted by molar-refractivity contribution is 5.95. The van der Waals surface area contributed by atoms with Gasteiger partial charge < -0.3 is 41.7 Å². The zero-order valence-corrected chi connectivity index (χ0v) is 43.9. The van der Waals surface area contributed by atoms with E-state index in [1.807, 2.05) is 97.3 Å². The molecule has 20 heteroatoms. The smallest absolute Gasteiger partial charge is 0.246 e. The summed E-state index contributed by atoms with van der Waals surface area (Å²) < 4.78 is 3.47. The molecule has 4 saturated heterocycles. The lowest BCUT2D eigenvalue weighted by molar-refractivity contribution is -0.144. The monoisotopic (exact) mass is 1040 g/mol. The van der Waals surface area contributed by atoms with E-state index in [1.54, 1.807) is 47.1 Å². The van der Waals surface area contributed by atoms with E-state index in [9.17, 15) is 28.8 Å². The molecule has 6 heterocycles. The fourth-order valence-electron chi connectivity index (χ4n) is 11.3. The first-order valence-corrected chi connectivity index (χ1v) is 27.1. The van der Waals surface area contributed by atoms with Crippen molar-refractivity contribution in [3.05, 3.63) is 131 Å². The Bertz CT molecular complexity index is 2620.